The first-order valence-corrected chi connectivity index (χ1v) is 8.80. The van der Waals surface area contributed by atoms with Crippen molar-refractivity contribution >= 4 is 15.7 Å². The van der Waals surface area contributed by atoms with Crippen LogP contribution in [0.5, 0.6) is 0 Å². The van der Waals surface area contributed by atoms with Gasteiger partial charge in [-0.2, -0.15) is 0 Å². The molecule has 1 N–H and O–H groups in total. The quantitative estimate of drug-likeness (QED) is 0.775. The molecule has 118 valence electrons. The van der Waals surface area contributed by atoms with Crippen LogP contribution in [0.2, 0.25) is 0 Å². The molecule has 2 heterocycles. The maximum absolute atomic E-state index is 11.5. The van der Waals surface area contributed by atoms with Crippen LogP contribution in [0.25, 0.3) is 11.3 Å². The Bertz CT molecular complexity index is 889. The van der Waals surface area contributed by atoms with Gasteiger partial charge in [-0.15, -0.1) is 0 Å². The fourth-order valence-corrected chi connectivity index (χ4v) is 2.71. The van der Waals surface area contributed by atoms with Crippen LogP contribution in [0.15, 0.2) is 64.4 Å². The molecule has 0 aliphatic carbocycles. The number of hydrogen-bond acceptors (Lipinski definition) is 6. The van der Waals surface area contributed by atoms with Gasteiger partial charge in [-0.25, -0.2) is 18.4 Å². The molecule has 1 aromatic carbocycles. The molecular formula is C16H15N3O3S. The molecule has 0 aliphatic rings. The SMILES string of the molecule is CS(=O)(=O)c1ccc(-c2cc(NCc3ccco3)ncn2)cc1. The summed E-state index contributed by atoms with van der Waals surface area (Å²) in [6, 6.07) is 12.1. The maximum atomic E-state index is 11.5. The number of aromatic nitrogens is 2. The van der Waals surface area contributed by atoms with Crippen molar-refractivity contribution in [2.45, 2.75) is 11.4 Å². The van der Waals surface area contributed by atoms with Gasteiger partial charge in [0.05, 0.1) is 23.4 Å². The van der Waals surface area contributed by atoms with Crippen LogP contribution in [0.3, 0.4) is 0 Å². The molecule has 0 bridgehead atoms. The standard InChI is InChI=1S/C16H15N3O3S/c1-23(20,21)14-6-4-12(5-7-14)15-9-16(19-11-18-15)17-10-13-3-2-8-22-13/h2-9,11H,10H2,1H3,(H,17,18,19). The van der Waals surface area contributed by atoms with Crippen molar-refractivity contribution in [2.75, 3.05) is 11.6 Å². The van der Waals surface area contributed by atoms with Crippen LogP contribution < -0.4 is 5.32 Å². The fraction of sp³-hybridized carbons (Fsp3) is 0.125. The van der Waals surface area contributed by atoms with Gasteiger partial charge in [-0.3, -0.25) is 0 Å². The molecule has 2 aromatic heterocycles. The Hall–Kier alpha value is -2.67. The number of rotatable bonds is 5. The highest BCUT2D eigenvalue weighted by molar-refractivity contribution is 7.90. The Kier molecular flexibility index (Phi) is 4.12. The third-order valence-electron chi connectivity index (χ3n) is 3.27. The number of furan rings is 1. The monoisotopic (exact) mass is 329 g/mol. The zero-order chi connectivity index (χ0) is 16.3. The van der Waals surface area contributed by atoms with E-state index in [1.54, 1.807) is 36.6 Å². The van der Waals surface area contributed by atoms with Crippen LogP contribution in [-0.4, -0.2) is 24.6 Å². The van der Waals surface area contributed by atoms with Crippen molar-refractivity contribution in [3.63, 3.8) is 0 Å². The molecule has 3 aromatic rings. The number of benzene rings is 1. The Morgan fingerprint density at radius 2 is 1.91 bits per heavy atom. The first-order valence-electron chi connectivity index (χ1n) is 6.91. The lowest BCUT2D eigenvalue weighted by Crippen LogP contribution is -2.01. The van der Waals surface area contributed by atoms with Gasteiger partial charge in [0.25, 0.3) is 0 Å². The maximum Gasteiger partial charge on any atom is 0.175 e. The third kappa shape index (κ3) is 3.75. The minimum absolute atomic E-state index is 0.284. The van der Waals surface area contributed by atoms with Crippen LogP contribution >= 0.6 is 0 Å². The summed E-state index contributed by atoms with van der Waals surface area (Å²) in [6.07, 6.45) is 4.26. The van der Waals surface area contributed by atoms with E-state index in [0.29, 0.717) is 18.1 Å². The van der Waals surface area contributed by atoms with Crippen LogP contribution in [0, 0.1) is 0 Å². The molecular weight excluding hydrogens is 314 g/mol. The predicted octanol–water partition coefficient (Wildman–Crippen LogP) is 2.75. The summed E-state index contributed by atoms with van der Waals surface area (Å²) >= 11 is 0. The van der Waals surface area contributed by atoms with Crippen LogP contribution in [0.1, 0.15) is 5.76 Å². The second kappa shape index (κ2) is 6.21. The summed E-state index contributed by atoms with van der Waals surface area (Å²) in [5, 5.41) is 3.15. The molecule has 7 heteroatoms. The molecule has 0 saturated heterocycles. The average Bonchev–Trinajstić information content (AvgIpc) is 3.06. The number of hydrogen-bond donors (Lipinski definition) is 1. The Balaban J connectivity index is 1.79. The van der Waals surface area contributed by atoms with Gasteiger partial charge >= 0.3 is 0 Å². The highest BCUT2D eigenvalue weighted by Gasteiger charge is 2.08. The zero-order valence-corrected chi connectivity index (χ0v) is 13.2. The molecule has 0 aliphatic heterocycles. The van der Waals surface area contributed by atoms with Crippen LogP contribution in [-0.2, 0) is 16.4 Å². The first-order chi connectivity index (χ1) is 11.0. The highest BCUT2D eigenvalue weighted by atomic mass is 32.2. The second-order valence-electron chi connectivity index (χ2n) is 5.02. The molecule has 3 rings (SSSR count). The van der Waals surface area contributed by atoms with Gasteiger partial charge in [0, 0.05) is 17.9 Å². The molecule has 0 unspecified atom stereocenters. The van der Waals surface area contributed by atoms with Gasteiger partial charge in [-0.1, -0.05) is 12.1 Å². The van der Waals surface area contributed by atoms with E-state index in [4.69, 9.17) is 4.42 Å². The molecule has 23 heavy (non-hydrogen) atoms. The predicted molar refractivity (Wildman–Crippen MR) is 86.6 cm³/mol. The molecule has 0 fully saturated rings. The lowest BCUT2D eigenvalue weighted by Gasteiger charge is -2.06. The van der Waals surface area contributed by atoms with Crippen LogP contribution in [0.4, 0.5) is 5.82 Å². The largest absolute Gasteiger partial charge is 0.467 e. The minimum Gasteiger partial charge on any atom is -0.467 e. The lowest BCUT2D eigenvalue weighted by molar-refractivity contribution is 0.518. The van der Waals surface area contributed by atoms with Crippen molar-refractivity contribution in [3.05, 3.63) is 60.8 Å². The van der Waals surface area contributed by atoms with E-state index in [9.17, 15) is 8.42 Å². The van der Waals surface area contributed by atoms with E-state index >= 15 is 0 Å². The topological polar surface area (TPSA) is 85.1 Å². The van der Waals surface area contributed by atoms with Gasteiger partial charge in [0.2, 0.25) is 0 Å². The van der Waals surface area contributed by atoms with E-state index in [1.165, 1.54) is 12.6 Å². The van der Waals surface area contributed by atoms with Gasteiger partial charge in [-0.05, 0) is 24.3 Å². The van der Waals surface area contributed by atoms with E-state index in [1.807, 2.05) is 12.1 Å². The number of nitrogens with zero attached hydrogens (tertiary/aromatic N) is 2. The summed E-state index contributed by atoms with van der Waals surface area (Å²) in [7, 11) is -3.20. The summed E-state index contributed by atoms with van der Waals surface area (Å²) in [6.45, 7) is 0.524. The van der Waals surface area contributed by atoms with E-state index in [0.717, 1.165) is 11.3 Å². The Morgan fingerprint density at radius 3 is 2.57 bits per heavy atom. The van der Waals surface area contributed by atoms with Crippen molar-refractivity contribution in [1.29, 1.82) is 0 Å². The molecule has 0 atom stereocenters. The van der Waals surface area contributed by atoms with E-state index in [2.05, 4.69) is 15.3 Å². The molecule has 6 nitrogen and oxygen atoms in total. The average molecular weight is 329 g/mol. The van der Waals surface area contributed by atoms with Gasteiger partial charge in [0.1, 0.15) is 17.9 Å². The highest BCUT2D eigenvalue weighted by Crippen LogP contribution is 2.21. The lowest BCUT2D eigenvalue weighted by atomic mass is 10.1. The number of nitrogens with one attached hydrogen (secondary N) is 1. The number of anilines is 1. The van der Waals surface area contributed by atoms with Gasteiger partial charge in [0.15, 0.2) is 9.84 Å². The fourth-order valence-electron chi connectivity index (χ4n) is 2.08. The number of sulfone groups is 1. The van der Waals surface area contributed by atoms with Gasteiger partial charge < -0.3 is 9.73 Å². The van der Waals surface area contributed by atoms with Crippen molar-refractivity contribution < 1.29 is 12.8 Å². The summed E-state index contributed by atoms with van der Waals surface area (Å²) in [5.41, 5.74) is 1.53. The Labute approximate surface area is 134 Å². The van der Waals surface area contributed by atoms with Crippen molar-refractivity contribution in [1.82, 2.24) is 9.97 Å². The first kappa shape index (κ1) is 15.2. The van der Waals surface area contributed by atoms with Crippen molar-refractivity contribution in [2.24, 2.45) is 0 Å². The smallest absolute Gasteiger partial charge is 0.175 e. The molecule has 0 amide bonds. The minimum atomic E-state index is -3.20. The van der Waals surface area contributed by atoms with Crippen molar-refractivity contribution in [3.8, 4) is 11.3 Å². The summed E-state index contributed by atoms with van der Waals surface area (Å²) < 4.78 is 28.2. The normalized spacial score (nSPS) is 11.3. The summed E-state index contributed by atoms with van der Waals surface area (Å²) in [4.78, 5) is 8.67. The second-order valence-corrected chi connectivity index (χ2v) is 7.03. The molecule has 0 spiro atoms. The molecule has 0 saturated carbocycles. The third-order valence-corrected chi connectivity index (χ3v) is 4.40. The summed E-state index contributed by atoms with van der Waals surface area (Å²) in [5.74, 6) is 1.47. The van der Waals surface area contributed by atoms with E-state index < -0.39 is 9.84 Å². The van der Waals surface area contributed by atoms with E-state index in [-0.39, 0.29) is 4.90 Å². The molecule has 0 radical (unpaired) electrons. The zero-order valence-electron chi connectivity index (χ0n) is 12.4. The Morgan fingerprint density at radius 1 is 1.13 bits per heavy atom.